The van der Waals surface area contributed by atoms with Crippen LogP contribution in [0.3, 0.4) is 0 Å². The van der Waals surface area contributed by atoms with Crippen molar-refractivity contribution in [3.8, 4) is 0 Å². The van der Waals surface area contributed by atoms with Crippen molar-refractivity contribution in [3.05, 3.63) is 29.3 Å². The van der Waals surface area contributed by atoms with Gasteiger partial charge in [-0.2, -0.15) is 4.72 Å². The molecule has 1 aromatic carbocycles. The molecule has 0 aliphatic carbocycles. The number of carbonyl (C=O) groups excluding carboxylic acids is 1. The summed E-state index contributed by atoms with van der Waals surface area (Å²) in [5, 5.41) is 3.39. The molecule has 2 N–H and O–H groups in total. The summed E-state index contributed by atoms with van der Waals surface area (Å²) in [5.41, 5.74) is -0.293. The third-order valence-electron chi connectivity index (χ3n) is 5.33. The summed E-state index contributed by atoms with van der Waals surface area (Å²) in [4.78, 5) is 15.3. The van der Waals surface area contributed by atoms with E-state index in [0.29, 0.717) is 11.6 Å². The summed E-state index contributed by atoms with van der Waals surface area (Å²) in [6.45, 7) is 13.8. The Kier molecular flexibility index (Phi) is 8.32. The molecular weight excluding hydrogens is 426 g/mol. The fraction of sp³-hybridized carbons (Fsp3) is 0.667. The number of sulfonamides is 1. The Morgan fingerprint density at radius 1 is 1.20 bits per heavy atom. The van der Waals surface area contributed by atoms with Crippen molar-refractivity contribution in [3.63, 3.8) is 0 Å². The highest BCUT2D eigenvalue weighted by Gasteiger charge is 2.35. The maximum atomic E-state index is 12.9. The van der Waals surface area contributed by atoms with Gasteiger partial charge in [0, 0.05) is 30.2 Å². The standard InChI is InChI=1S/C21H34ClN3O4S/c1-14(2)19(24-30(27,28)18-9-7-17(22)8-10-18)20(26)23-13-21(5,6)25-11-15(3)29-16(4)12-25/h7-10,14-16,19,24H,11-13H2,1-6H3,(H,23,26)/t15?,16?,19-/m0/s1. The molecule has 1 fully saturated rings. The Balaban J connectivity index is 2.05. The van der Waals surface area contributed by atoms with Crippen LogP contribution >= 0.6 is 11.6 Å². The van der Waals surface area contributed by atoms with Crippen molar-refractivity contribution < 1.29 is 17.9 Å². The first-order valence-corrected chi connectivity index (χ1v) is 12.1. The molecule has 1 aliphatic rings. The van der Waals surface area contributed by atoms with E-state index in [4.69, 9.17) is 16.3 Å². The average Bonchev–Trinajstić information content (AvgIpc) is 2.63. The molecule has 1 aromatic rings. The zero-order valence-electron chi connectivity index (χ0n) is 18.6. The Bertz CT molecular complexity index is 817. The highest BCUT2D eigenvalue weighted by Crippen LogP contribution is 2.21. The van der Waals surface area contributed by atoms with E-state index >= 15 is 0 Å². The molecule has 1 heterocycles. The average molecular weight is 460 g/mol. The number of halogens is 1. The second kappa shape index (κ2) is 9.96. The lowest BCUT2D eigenvalue weighted by Gasteiger charge is -2.45. The molecule has 0 spiro atoms. The molecule has 1 aliphatic heterocycles. The molecule has 0 saturated carbocycles. The summed E-state index contributed by atoms with van der Waals surface area (Å²) in [7, 11) is -3.85. The maximum Gasteiger partial charge on any atom is 0.241 e. The topological polar surface area (TPSA) is 87.7 Å². The number of nitrogens with one attached hydrogen (secondary N) is 2. The van der Waals surface area contributed by atoms with Gasteiger partial charge < -0.3 is 10.1 Å². The summed E-state index contributed by atoms with van der Waals surface area (Å²) >= 11 is 5.84. The SMILES string of the molecule is CC1CN(C(C)(C)CNC(=O)[C@@H](NS(=O)(=O)c2ccc(Cl)cc2)C(C)C)CC(C)O1. The number of amides is 1. The summed E-state index contributed by atoms with van der Waals surface area (Å²) in [6.07, 6.45) is 0.247. The molecule has 2 unspecified atom stereocenters. The third-order valence-corrected chi connectivity index (χ3v) is 7.04. The fourth-order valence-corrected chi connectivity index (χ4v) is 5.01. The second-order valence-electron chi connectivity index (χ2n) is 8.99. The van der Waals surface area contributed by atoms with Crippen LogP contribution in [0.5, 0.6) is 0 Å². The number of nitrogens with zero attached hydrogens (tertiary/aromatic N) is 1. The quantitative estimate of drug-likeness (QED) is 0.624. The van der Waals surface area contributed by atoms with Crippen LogP contribution in [-0.2, 0) is 19.6 Å². The smallest absolute Gasteiger partial charge is 0.241 e. The monoisotopic (exact) mass is 459 g/mol. The molecule has 170 valence electrons. The van der Waals surface area contributed by atoms with E-state index in [1.54, 1.807) is 0 Å². The Hall–Kier alpha value is -1.19. The Morgan fingerprint density at radius 2 is 1.73 bits per heavy atom. The molecule has 0 aromatic heterocycles. The van der Waals surface area contributed by atoms with E-state index in [0.717, 1.165) is 13.1 Å². The van der Waals surface area contributed by atoms with Crippen LogP contribution in [0.4, 0.5) is 0 Å². The van der Waals surface area contributed by atoms with Gasteiger partial charge in [-0.3, -0.25) is 9.69 Å². The van der Waals surface area contributed by atoms with Gasteiger partial charge in [0.1, 0.15) is 6.04 Å². The summed E-state index contributed by atoms with van der Waals surface area (Å²) in [5.74, 6) is -0.566. The van der Waals surface area contributed by atoms with Gasteiger partial charge in [0.15, 0.2) is 0 Å². The molecule has 1 saturated heterocycles. The predicted molar refractivity (Wildman–Crippen MR) is 119 cm³/mol. The molecule has 1 amide bonds. The van der Waals surface area contributed by atoms with Crippen LogP contribution in [0.15, 0.2) is 29.2 Å². The van der Waals surface area contributed by atoms with Crippen molar-refractivity contribution >= 4 is 27.5 Å². The highest BCUT2D eigenvalue weighted by molar-refractivity contribution is 7.89. The normalized spacial score (nSPS) is 22.1. The first kappa shape index (κ1) is 25.1. The predicted octanol–water partition coefficient (Wildman–Crippen LogP) is 2.65. The molecule has 2 rings (SSSR count). The largest absolute Gasteiger partial charge is 0.373 e. The number of hydrogen-bond acceptors (Lipinski definition) is 5. The van der Waals surface area contributed by atoms with Gasteiger partial charge >= 0.3 is 0 Å². The van der Waals surface area contributed by atoms with Crippen molar-refractivity contribution in [2.24, 2.45) is 5.92 Å². The van der Waals surface area contributed by atoms with Crippen LogP contribution in [0.2, 0.25) is 5.02 Å². The summed E-state index contributed by atoms with van der Waals surface area (Å²) < 4.78 is 33.8. The molecule has 3 atom stereocenters. The molecule has 9 heteroatoms. The first-order chi connectivity index (χ1) is 13.8. The van der Waals surface area contributed by atoms with Gasteiger partial charge in [0.05, 0.1) is 17.1 Å². The lowest BCUT2D eigenvalue weighted by Crippen LogP contribution is -2.60. The van der Waals surface area contributed by atoms with Crippen molar-refractivity contribution in [1.29, 1.82) is 0 Å². The molecule has 0 radical (unpaired) electrons. The highest BCUT2D eigenvalue weighted by atomic mass is 35.5. The number of rotatable bonds is 8. The van der Waals surface area contributed by atoms with E-state index in [9.17, 15) is 13.2 Å². The van der Waals surface area contributed by atoms with E-state index < -0.39 is 16.1 Å². The minimum Gasteiger partial charge on any atom is -0.373 e. The zero-order valence-corrected chi connectivity index (χ0v) is 20.2. The lowest BCUT2D eigenvalue weighted by molar-refractivity contribution is -0.125. The van der Waals surface area contributed by atoms with Gasteiger partial charge in [0.2, 0.25) is 15.9 Å². The molecular formula is C21H34ClN3O4S. The van der Waals surface area contributed by atoms with Gasteiger partial charge in [-0.15, -0.1) is 0 Å². The minimum atomic E-state index is -3.85. The molecule has 30 heavy (non-hydrogen) atoms. The van der Waals surface area contributed by atoms with Crippen molar-refractivity contribution in [2.45, 2.75) is 70.2 Å². The van der Waals surface area contributed by atoms with Crippen LogP contribution < -0.4 is 10.0 Å². The third kappa shape index (κ3) is 6.65. The Labute approximate surface area is 185 Å². The minimum absolute atomic E-state index is 0.0713. The molecule has 7 nitrogen and oxygen atoms in total. The summed E-state index contributed by atoms with van der Waals surface area (Å²) in [6, 6.07) is 4.97. The van der Waals surface area contributed by atoms with Crippen LogP contribution in [0.1, 0.15) is 41.5 Å². The van der Waals surface area contributed by atoms with E-state index in [-0.39, 0.29) is 34.5 Å². The lowest BCUT2D eigenvalue weighted by atomic mass is 9.99. The van der Waals surface area contributed by atoms with E-state index in [2.05, 4.69) is 28.8 Å². The number of hydrogen-bond donors (Lipinski definition) is 2. The van der Waals surface area contributed by atoms with Crippen LogP contribution in [-0.4, -0.2) is 62.6 Å². The van der Waals surface area contributed by atoms with Gasteiger partial charge in [-0.05, 0) is 57.9 Å². The maximum absolute atomic E-state index is 12.9. The van der Waals surface area contributed by atoms with Crippen molar-refractivity contribution in [1.82, 2.24) is 14.9 Å². The number of benzene rings is 1. The number of ether oxygens (including phenoxy) is 1. The number of carbonyl (C=O) groups is 1. The first-order valence-electron chi connectivity index (χ1n) is 10.3. The van der Waals surface area contributed by atoms with Gasteiger partial charge in [0.25, 0.3) is 0 Å². The second-order valence-corrected chi connectivity index (χ2v) is 11.1. The molecule has 0 bridgehead atoms. The fourth-order valence-electron chi connectivity index (χ4n) is 3.54. The Morgan fingerprint density at radius 3 is 2.23 bits per heavy atom. The number of morpholine rings is 1. The van der Waals surface area contributed by atoms with E-state index in [1.165, 1.54) is 24.3 Å². The van der Waals surface area contributed by atoms with E-state index in [1.807, 2.05) is 27.7 Å². The van der Waals surface area contributed by atoms with Crippen LogP contribution in [0, 0.1) is 5.92 Å². The van der Waals surface area contributed by atoms with Gasteiger partial charge in [-0.1, -0.05) is 25.4 Å². The van der Waals surface area contributed by atoms with Crippen molar-refractivity contribution in [2.75, 3.05) is 19.6 Å². The zero-order chi connectivity index (χ0) is 22.7. The van der Waals surface area contributed by atoms with Crippen LogP contribution in [0.25, 0.3) is 0 Å². The van der Waals surface area contributed by atoms with Gasteiger partial charge in [-0.25, -0.2) is 8.42 Å².